The fourth-order valence-electron chi connectivity index (χ4n) is 2.04. The second-order valence-electron chi connectivity index (χ2n) is 4.38. The van der Waals surface area contributed by atoms with Crippen LogP contribution in [0.15, 0.2) is 0 Å². The van der Waals surface area contributed by atoms with Crippen molar-refractivity contribution in [2.24, 2.45) is 0 Å². The molecule has 1 aliphatic carbocycles. The molecule has 2 rings (SSSR count). The Kier molecular flexibility index (Phi) is 4.60. The van der Waals surface area contributed by atoms with Gasteiger partial charge in [0.25, 0.3) is 0 Å². The van der Waals surface area contributed by atoms with Crippen LogP contribution in [0.3, 0.4) is 0 Å². The zero-order valence-electron chi connectivity index (χ0n) is 11.1. The lowest BCUT2D eigenvalue weighted by Crippen LogP contribution is -2.40. The second kappa shape index (κ2) is 6.21. The molecule has 3 N–H and O–H groups in total. The summed E-state index contributed by atoms with van der Waals surface area (Å²) < 4.78 is 14.5. The van der Waals surface area contributed by atoms with Crippen LogP contribution in [0.25, 0.3) is 0 Å². The van der Waals surface area contributed by atoms with E-state index in [2.05, 4.69) is 9.69 Å². The maximum absolute atomic E-state index is 11.8. The van der Waals surface area contributed by atoms with Crippen LogP contribution in [0.4, 0.5) is 10.8 Å². The van der Waals surface area contributed by atoms with Crippen molar-refractivity contribution in [3.63, 3.8) is 0 Å². The lowest BCUT2D eigenvalue weighted by Gasteiger charge is -2.35. The molecule has 0 atom stereocenters. The lowest BCUT2D eigenvalue weighted by atomic mass is 9.89. The summed E-state index contributed by atoms with van der Waals surface area (Å²) in [5.74, 6) is -0.191. The smallest absolute Gasteiger partial charge is 0.344 e. The number of carbonyl (C=O) groups excluding carboxylic acids is 1. The first kappa shape index (κ1) is 14.1. The number of carbonyl (C=O) groups is 1. The third-order valence-corrected chi connectivity index (χ3v) is 3.82. The molecule has 7 heteroatoms. The summed E-state index contributed by atoms with van der Waals surface area (Å²) >= 11 is 1.19. The minimum atomic E-state index is -0.420. The molecule has 1 saturated carbocycles. The number of nitrogens with zero attached hydrogens (tertiary/aromatic N) is 1. The first-order valence-corrected chi connectivity index (χ1v) is 7.23. The van der Waals surface area contributed by atoms with Gasteiger partial charge in [-0.15, -0.1) is 0 Å². The van der Waals surface area contributed by atoms with Gasteiger partial charge >= 0.3 is 5.97 Å². The van der Waals surface area contributed by atoms with Gasteiger partial charge in [0.05, 0.1) is 12.7 Å². The minimum Gasteiger partial charge on any atom is -0.462 e. The van der Waals surface area contributed by atoms with Crippen molar-refractivity contribution in [3.05, 3.63) is 5.56 Å². The van der Waals surface area contributed by atoms with Crippen molar-refractivity contribution in [3.8, 4) is 0 Å². The first-order chi connectivity index (χ1) is 9.15. The monoisotopic (exact) mass is 285 g/mol. The van der Waals surface area contributed by atoms with Gasteiger partial charge in [-0.3, -0.25) is 0 Å². The highest BCUT2D eigenvalue weighted by Crippen LogP contribution is 2.33. The SMILES string of the molecule is CCOC(=O)c1c(N)nsc1NC1CC(OCC)C1. The van der Waals surface area contributed by atoms with Crippen LogP contribution < -0.4 is 11.1 Å². The standard InChI is InChI=1S/C12H19N3O3S/c1-3-17-8-5-7(6-8)14-11-9(10(13)15-19-11)12(16)18-4-2/h7-8,14H,3-6H2,1-2H3,(H2,13,15). The Hall–Kier alpha value is -1.34. The number of rotatable bonds is 6. The zero-order chi connectivity index (χ0) is 13.8. The van der Waals surface area contributed by atoms with Crippen LogP contribution in [0.2, 0.25) is 0 Å². The van der Waals surface area contributed by atoms with Gasteiger partial charge in [0.15, 0.2) is 5.82 Å². The largest absolute Gasteiger partial charge is 0.462 e. The van der Waals surface area contributed by atoms with Crippen LogP contribution in [-0.4, -0.2) is 35.7 Å². The van der Waals surface area contributed by atoms with Crippen molar-refractivity contribution in [2.45, 2.75) is 38.8 Å². The summed E-state index contributed by atoms with van der Waals surface area (Å²) in [4.78, 5) is 11.8. The van der Waals surface area contributed by atoms with Gasteiger partial charge in [0, 0.05) is 12.6 Å². The number of anilines is 2. The molecule has 0 spiro atoms. The number of aromatic nitrogens is 1. The summed E-state index contributed by atoms with van der Waals surface area (Å²) in [7, 11) is 0. The predicted octanol–water partition coefficient (Wildman–Crippen LogP) is 1.88. The molecule has 106 valence electrons. The van der Waals surface area contributed by atoms with E-state index in [9.17, 15) is 4.79 Å². The maximum atomic E-state index is 11.8. The number of nitrogen functional groups attached to an aromatic ring is 1. The molecule has 6 nitrogen and oxygen atoms in total. The van der Waals surface area contributed by atoms with Crippen LogP contribution in [0, 0.1) is 0 Å². The fraction of sp³-hybridized carbons (Fsp3) is 0.667. The molecule has 0 bridgehead atoms. The highest BCUT2D eigenvalue weighted by Gasteiger charge is 2.31. The summed E-state index contributed by atoms with van der Waals surface area (Å²) in [5, 5.41) is 3.98. The second-order valence-corrected chi connectivity index (χ2v) is 5.16. The maximum Gasteiger partial charge on any atom is 0.344 e. The van der Waals surface area contributed by atoms with E-state index in [0.29, 0.717) is 29.3 Å². The number of hydrogen-bond donors (Lipinski definition) is 2. The predicted molar refractivity (Wildman–Crippen MR) is 74.5 cm³/mol. The molecule has 0 aromatic carbocycles. The molecule has 0 radical (unpaired) electrons. The minimum absolute atomic E-state index is 0.228. The van der Waals surface area contributed by atoms with Crippen molar-refractivity contribution < 1.29 is 14.3 Å². The molecule has 0 saturated heterocycles. The summed E-state index contributed by atoms with van der Waals surface area (Å²) in [6.45, 7) is 4.81. The quantitative estimate of drug-likeness (QED) is 0.776. The van der Waals surface area contributed by atoms with E-state index in [0.717, 1.165) is 19.4 Å². The normalized spacial score (nSPS) is 21.8. The number of hydrogen-bond acceptors (Lipinski definition) is 7. The number of ether oxygens (including phenoxy) is 2. The third-order valence-electron chi connectivity index (χ3n) is 3.03. The Morgan fingerprint density at radius 1 is 1.47 bits per heavy atom. The molecule has 0 amide bonds. The number of nitrogens with one attached hydrogen (secondary N) is 1. The van der Waals surface area contributed by atoms with Crippen molar-refractivity contribution in [1.82, 2.24) is 4.37 Å². The molecule has 0 unspecified atom stereocenters. The van der Waals surface area contributed by atoms with Gasteiger partial charge in [-0.25, -0.2) is 4.79 Å². The molecule has 0 aliphatic heterocycles. The molecule has 1 aromatic rings. The molecular weight excluding hydrogens is 266 g/mol. The van der Waals surface area contributed by atoms with Gasteiger partial charge in [0.1, 0.15) is 10.6 Å². The van der Waals surface area contributed by atoms with Gasteiger partial charge in [-0.2, -0.15) is 4.37 Å². The fourth-order valence-corrected chi connectivity index (χ4v) is 2.82. The lowest BCUT2D eigenvalue weighted by molar-refractivity contribution is 0.00304. The van der Waals surface area contributed by atoms with Gasteiger partial charge < -0.3 is 20.5 Å². The Balaban J connectivity index is 1.96. The summed E-state index contributed by atoms with van der Waals surface area (Å²) in [6.07, 6.45) is 2.20. The molecule has 19 heavy (non-hydrogen) atoms. The Bertz CT molecular complexity index is 443. The van der Waals surface area contributed by atoms with E-state index in [-0.39, 0.29) is 5.82 Å². The van der Waals surface area contributed by atoms with Gasteiger partial charge in [0.2, 0.25) is 0 Å². The molecule has 1 aliphatic rings. The van der Waals surface area contributed by atoms with Crippen LogP contribution in [-0.2, 0) is 9.47 Å². The summed E-state index contributed by atoms with van der Waals surface area (Å²) in [5.41, 5.74) is 6.07. The molecule has 1 aromatic heterocycles. The topological polar surface area (TPSA) is 86.5 Å². The Morgan fingerprint density at radius 3 is 2.84 bits per heavy atom. The van der Waals surface area contributed by atoms with Crippen LogP contribution >= 0.6 is 11.5 Å². The van der Waals surface area contributed by atoms with Gasteiger partial charge in [-0.1, -0.05) is 0 Å². The average Bonchev–Trinajstić information content (AvgIpc) is 2.68. The van der Waals surface area contributed by atoms with E-state index >= 15 is 0 Å². The van der Waals surface area contributed by atoms with Crippen molar-refractivity contribution in [1.29, 1.82) is 0 Å². The van der Waals surface area contributed by atoms with Crippen LogP contribution in [0.5, 0.6) is 0 Å². The highest BCUT2D eigenvalue weighted by molar-refractivity contribution is 7.11. The van der Waals surface area contributed by atoms with Crippen LogP contribution in [0.1, 0.15) is 37.0 Å². The highest BCUT2D eigenvalue weighted by atomic mass is 32.1. The Labute approximate surface area is 116 Å². The van der Waals surface area contributed by atoms with E-state index in [1.807, 2.05) is 6.92 Å². The van der Waals surface area contributed by atoms with Crippen molar-refractivity contribution >= 4 is 28.3 Å². The van der Waals surface area contributed by atoms with Gasteiger partial charge in [-0.05, 0) is 38.2 Å². The number of nitrogens with two attached hydrogens (primary N) is 1. The van der Waals surface area contributed by atoms with E-state index < -0.39 is 5.97 Å². The molecule has 1 fully saturated rings. The first-order valence-electron chi connectivity index (χ1n) is 6.46. The zero-order valence-corrected chi connectivity index (χ0v) is 12.0. The number of esters is 1. The van der Waals surface area contributed by atoms with E-state index in [1.54, 1.807) is 6.92 Å². The third kappa shape index (κ3) is 3.16. The molecule has 1 heterocycles. The summed E-state index contributed by atoms with van der Waals surface area (Å²) in [6, 6.07) is 0.310. The van der Waals surface area contributed by atoms with E-state index in [1.165, 1.54) is 11.5 Å². The molecular formula is C12H19N3O3S. The Morgan fingerprint density at radius 2 is 2.21 bits per heavy atom. The average molecular weight is 285 g/mol. The van der Waals surface area contributed by atoms with E-state index in [4.69, 9.17) is 15.2 Å². The van der Waals surface area contributed by atoms with Crippen molar-refractivity contribution in [2.75, 3.05) is 24.3 Å².